The number of phenols is 1. The van der Waals surface area contributed by atoms with Gasteiger partial charge in [-0.25, -0.2) is 0 Å². The highest BCUT2D eigenvalue weighted by Gasteiger charge is 2.72. The molecule has 1 aliphatic heterocycles. The number of aromatic hydroxyl groups is 1. The first-order chi connectivity index (χ1) is 12.1. The number of fused-ring (bicyclic) bond motifs is 1. The van der Waals surface area contributed by atoms with Crippen LogP contribution in [0.1, 0.15) is 17.9 Å². The van der Waals surface area contributed by atoms with Crippen LogP contribution in [-0.2, 0) is 9.59 Å². The van der Waals surface area contributed by atoms with E-state index < -0.39 is 27.5 Å². The van der Waals surface area contributed by atoms with Gasteiger partial charge in [-0.1, -0.05) is 34.7 Å². The maximum absolute atomic E-state index is 13.0. The minimum atomic E-state index is -1.80. The fourth-order valence-electron chi connectivity index (χ4n) is 3.69. The normalized spacial score (nSPS) is 30.9. The topological polar surface area (TPSA) is 66.8 Å². The molecule has 0 unspecified atom stereocenters. The molecule has 5 nitrogen and oxygen atoms in total. The standard InChI is InChI=1S/C18H16BrCl2NO4/c1-4-9-5-6-17(20)15(24)22(2)16(25)18(17,21)13(9)11-7-10(19)8-12(26-3)14(11)23/h4-5,7-8,13,23H,1,6H2,2-3H3/t13-,17-,18+/m1/s1. The minimum Gasteiger partial charge on any atom is -0.504 e. The number of halogens is 3. The summed E-state index contributed by atoms with van der Waals surface area (Å²) < 4.78 is 5.81. The second kappa shape index (κ2) is 6.29. The van der Waals surface area contributed by atoms with Crippen LogP contribution in [0.3, 0.4) is 0 Å². The molecule has 0 bridgehead atoms. The molecular formula is C18H16BrCl2NO4. The van der Waals surface area contributed by atoms with Gasteiger partial charge < -0.3 is 9.84 Å². The molecule has 1 aliphatic carbocycles. The van der Waals surface area contributed by atoms with E-state index in [1.807, 2.05) is 0 Å². The van der Waals surface area contributed by atoms with Crippen LogP contribution in [0.5, 0.6) is 11.5 Å². The van der Waals surface area contributed by atoms with Gasteiger partial charge in [0.15, 0.2) is 21.2 Å². The number of alkyl halides is 2. The third-order valence-electron chi connectivity index (χ3n) is 5.02. The van der Waals surface area contributed by atoms with Crippen molar-refractivity contribution < 1.29 is 19.4 Å². The predicted molar refractivity (Wildman–Crippen MR) is 103 cm³/mol. The maximum Gasteiger partial charge on any atom is 0.253 e. The third kappa shape index (κ3) is 2.28. The van der Waals surface area contributed by atoms with Gasteiger partial charge in [0.25, 0.3) is 11.8 Å². The molecule has 1 heterocycles. The van der Waals surface area contributed by atoms with E-state index in [2.05, 4.69) is 22.5 Å². The minimum absolute atomic E-state index is 0.0801. The fraction of sp³-hybridized carbons (Fsp3) is 0.333. The molecule has 3 atom stereocenters. The van der Waals surface area contributed by atoms with Crippen molar-refractivity contribution >= 4 is 50.9 Å². The summed E-state index contributed by atoms with van der Waals surface area (Å²) in [5.41, 5.74) is 0.918. The Bertz CT molecular complexity index is 871. The van der Waals surface area contributed by atoms with Crippen molar-refractivity contribution in [2.75, 3.05) is 14.2 Å². The Hall–Kier alpha value is -1.50. The lowest BCUT2D eigenvalue weighted by atomic mass is 9.68. The molecule has 138 valence electrons. The van der Waals surface area contributed by atoms with Gasteiger partial charge in [0, 0.05) is 23.0 Å². The number of likely N-dealkylation sites (tertiary alicyclic amines) is 1. The van der Waals surface area contributed by atoms with Gasteiger partial charge >= 0.3 is 0 Å². The zero-order valence-corrected chi connectivity index (χ0v) is 17.2. The Morgan fingerprint density at radius 2 is 2.04 bits per heavy atom. The number of imide groups is 1. The maximum atomic E-state index is 13.0. The van der Waals surface area contributed by atoms with Crippen molar-refractivity contribution in [3.05, 3.63) is 46.5 Å². The summed E-state index contributed by atoms with van der Waals surface area (Å²) in [6.07, 6.45) is 3.35. The summed E-state index contributed by atoms with van der Waals surface area (Å²) in [4.78, 5) is 23.1. The van der Waals surface area contributed by atoms with Crippen LogP contribution in [0.4, 0.5) is 0 Å². The number of phenolic OH excluding ortho intramolecular Hbond substituents is 1. The Morgan fingerprint density at radius 1 is 1.38 bits per heavy atom. The molecular weight excluding hydrogens is 445 g/mol. The highest BCUT2D eigenvalue weighted by molar-refractivity contribution is 9.10. The summed E-state index contributed by atoms with van der Waals surface area (Å²) >= 11 is 16.9. The number of allylic oxidation sites excluding steroid dienone is 3. The van der Waals surface area contributed by atoms with Gasteiger partial charge in [0.2, 0.25) is 0 Å². The predicted octanol–water partition coefficient (Wildman–Crippen LogP) is 3.72. The Kier molecular flexibility index (Phi) is 4.66. The van der Waals surface area contributed by atoms with Gasteiger partial charge in [-0.05, 0) is 24.1 Å². The Labute approximate surface area is 169 Å². The molecule has 3 rings (SSSR count). The first-order valence-corrected chi connectivity index (χ1v) is 9.27. The molecule has 2 amide bonds. The molecule has 8 heteroatoms. The highest BCUT2D eigenvalue weighted by Crippen LogP contribution is 2.60. The molecule has 0 radical (unpaired) electrons. The molecule has 1 aromatic rings. The second-order valence-corrected chi connectivity index (χ2v) is 8.43. The number of hydrogen-bond acceptors (Lipinski definition) is 4. The van der Waals surface area contributed by atoms with Crippen LogP contribution in [0.15, 0.2) is 40.9 Å². The molecule has 0 saturated carbocycles. The lowest BCUT2D eigenvalue weighted by molar-refractivity contribution is -0.137. The summed E-state index contributed by atoms with van der Waals surface area (Å²) in [7, 11) is 2.76. The van der Waals surface area contributed by atoms with Crippen LogP contribution in [0, 0.1) is 0 Å². The molecule has 2 aliphatic rings. The smallest absolute Gasteiger partial charge is 0.253 e. The number of carbonyl (C=O) groups excluding carboxylic acids is 2. The van der Waals surface area contributed by atoms with Gasteiger partial charge in [0.05, 0.1) is 7.11 Å². The highest BCUT2D eigenvalue weighted by atomic mass is 79.9. The van der Waals surface area contributed by atoms with Crippen LogP contribution >= 0.6 is 39.1 Å². The largest absolute Gasteiger partial charge is 0.504 e. The van der Waals surface area contributed by atoms with Gasteiger partial charge in [0.1, 0.15) is 0 Å². The van der Waals surface area contributed by atoms with Crippen LogP contribution in [-0.4, -0.2) is 45.7 Å². The van der Waals surface area contributed by atoms with Crippen molar-refractivity contribution in [2.24, 2.45) is 0 Å². The number of amides is 2. The van der Waals surface area contributed by atoms with Crippen molar-refractivity contribution in [3.8, 4) is 11.5 Å². The monoisotopic (exact) mass is 459 g/mol. The van der Waals surface area contributed by atoms with Gasteiger partial charge in [-0.2, -0.15) is 0 Å². The van der Waals surface area contributed by atoms with Crippen LogP contribution < -0.4 is 4.74 Å². The van der Waals surface area contributed by atoms with Crippen LogP contribution in [0.25, 0.3) is 0 Å². The Morgan fingerprint density at radius 3 is 2.62 bits per heavy atom. The summed E-state index contributed by atoms with van der Waals surface area (Å²) in [6, 6.07) is 3.21. The van der Waals surface area contributed by atoms with E-state index in [0.29, 0.717) is 15.6 Å². The number of nitrogens with zero attached hydrogens (tertiary/aromatic N) is 1. The number of benzene rings is 1. The average molecular weight is 461 g/mol. The Balaban J connectivity index is 2.35. The summed E-state index contributed by atoms with van der Waals surface area (Å²) in [5, 5.41) is 10.7. The second-order valence-electron chi connectivity index (χ2n) is 6.27. The summed E-state index contributed by atoms with van der Waals surface area (Å²) in [5.74, 6) is -2.04. The zero-order chi connectivity index (χ0) is 19.4. The first kappa shape index (κ1) is 19.3. The van der Waals surface area contributed by atoms with Crippen LogP contribution in [0.2, 0.25) is 0 Å². The molecule has 26 heavy (non-hydrogen) atoms. The van der Waals surface area contributed by atoms with Gasteiger partial charge in [-0.15, -0.1) is 23.2 Å². The lowest BCUT2D eigenvalue weighted by Crippen LogP contribution is -2.54. The molecule has 1 saturated heterocycles. The first-order valence-electron chi connectivity index (χ1n) is 7.72. The van der Waals surface area contributed by atoms with Crippen molar-refractivity contribution in [3.63, 3.8) is 0 Å². The van der Waals surface area contributed by atoms with Crippen molar-refractivity contribution in [1.29, 1.82) is 0 Å². The van der Waals surface area contributed by atoms with Crippen molar-refractivity contribution in [1.82, 2.24) is 4.90 Å². The van der Waals surface area contributed by atoms with E-state index in [1.165, 1.54) is 14.2 Å². The molecule has 0 spiro atoms. The number of hydrogen-bond donors (Lipinski definition) is 1. The van der Waals surface area contributed by atoms with E-state index in [9.17, 15) is 14.7 Å². The van der Waals surface area contributed by atoms with Gasteiger partial charge in [-0.3, -0.25) is 14.5 Å². The molecule has 1 N–H and O–H groups in total. The molecule has 1 aromatic carbocycles. The van der Waals surface area contributed by atoms with E-state index >= 15 is 0 Å². The van der Waals surface area contributed by atoms with E-state index in [0.717, 1.165) is 4.90 Å². The van der Waals surface area contributed by atoms with E-state index in [4.69, 9.17) is 27.9 Å². The lowest BCUT2D eigenvalue weighted by Gasteiger charge is -2.42. The molecule has 1 fully saturated rings. The number of carbonyl (C=O) groups is 2. The number of rotatable bonds is 3. The fourth-order valence-corrected chi connectivity index (χ4v) is 5.06. The molecule has 0 aromatic heterocycles. The van der Waals surface area contributed by atoms with Crippen molar-refractivity contribution in [2.45, 2.75) is 22.1 Å². The van der Waals surface area contributed by atoms with E-state index in [-0.39, 0.29) is 17.9 Å². The quantitative estimate of drug-likeness (QED) is 0.551. The average Bonchev–Trinajstić information content (AvgIpc) is 2.75. The number of ether oxygens (including phenoxy) is 1. The van der Waals surface area contributed by atoms with E-state index in [1.54, 1.807) is 24.3 Å². The summed E-state index contributed by atoms with van der Waals surface area (Å²) in [6.45, 7) is 3.78. The SMILES string of the molecule is C=CC1=CC[C@@]2(Cl)C(=O)N(C)C(=O)[C@@]2(Cl)[C@H]1c1cc(Br)cc(OC)c1O. The number of methoxy groups -OCH3 is 1. The third-order valence-corrected chi connectivity index (χ3v) is 6.89. The zero-order valence-electron chi connectivity index (χ0n) is 14.1.